The maximum absolute atomic E-state index is 10.2. The Morgan fingerprint density at radius 2 is 2.18 bits per heavy atom. The van der Waals surface area contributed by atoms with Crippen LogP contribution >= 0.6 is 24.2 Å². The Hall–Kier alpha value is -0.740. The van der Waals surface area contributed by atoms with Crippen molar-refractivity contribution in [2.75, 3.05) is 0 Å². The molecule has 0 heterocycles. The summed E-state index contributed by atoms with van der Waals surface area (Å²) in [6.45, 7) is 0. The monoisotopic (exact) mass is 189 g/mol. The minimum atomic E-state index is -0.490. The second kappa shape index (κ2) is 3.11. The molecule has 0 fully saturated rings. The van der Waals surface area contributed by atoms with Gasteiger partial charge in [-0.1, -0.05) is 11.6 Å². The van der Waals surface area contributed by atoms with E-state index in [1.54, 1.807) is 0 Å². The number of nitrogens with zero attached hydrogens (tertiary/aromatic N) is 1. The lowest BCUT2D eigenvalue weighted by Crippen LogP contribution is -1.86. The van der Waals surface area contributed by atoms with Crippen molar-refractivity contribution in [2.24, 2.45) is 0 Å². The highest BCUT2D eigenvalue weighted by atomic mass is 35.5. The van der Waals surface area contributed by atoms with E-state index >= 15 is 0 Å². The van der Waals surface area contributed by atoms with Crippen molar-refractivity contribution in [3.8, 4) is 0 Å². The summed E-state index contributed by atoms with van der Waals surface area (Å²) in [5.74, 6) is 0. The molecular weight excluding hydrogens is 186 g/mol. The molecule has 3 nitrogen and oxygen atoms in total. The van der Waals surface area contributed by atoms with Crippen LogP contribution in [-0.4, -0.2) is 4.92 Å². The molecule has 1 rings (SSSR count). The van der Waals surface area contributed by atoms with Crippen LogP contribution in [-0.2, 0) is 0 Å². The third kappa shape index (κ3) is 1.85. The zero-order valence-corrected chi connectivity index (χ0v) is 6.97. The van der Waals surface area contributed by atoms with Crippen LogP contribution in [0, 0.1) is 10.1 Å². The number of thiol groups is 1. The van der Waals surface area contributed by atoms with Gasteiger partial charge in [0.2, 0.25) is 0 Å². The van der Waals surface area contributed by atoms with Gasteiger partial charge in [-0.2, -0.15) is 0 Å². The molecule has 1 aromatic rings. The van der Waals surface area contributed by atoms with Crippen molar-refractivity contribution in [3.63, 3.8) is 0 Å². The lowest BCUT2D eigenvalue weighted by molar-refractivity contribution is -0.385. The molecular formula is C6H4ClNO2S. The second-order valence-corrected chi connectivity index (χ2v) is 2.78. The third-order valence-electron chi connectivity index (χ3n) is 1.14. The second-order valence-electron chi connectivity index (χ2n) is 1.89. The first-order chi connectivity index (χ1) is 5.11. The summed E-state index contributed by atoms with van der Waals surface area (Å²) < 4.78 is 0. The molecule has 0 aliphatic carbocycles. The Morgan fingerprint density at radius 1 is 1.55 bits per heavy atom. The van der Waals surface area contributed by atoms with Gasteiger partial charge in [-0.05, 0) is 6.07 Å². The zero-order chi connectivity index (χ0) is 8.43. The van der Waals surface area contributed by atoms with Crippen molar-refractivity contribution in [1.82, 2.24) is 0 Å². The van der Waals surface area contributed by atoms with Crippen LogP contribution in [0.1, 0.15) is 0 Å². The number of halogens is 1. The van der Waals surface area contributed by atoms with E-state index in [9.17, 15) is 10.1 Å². The predicted molar refractivity (Wildman–Crippen MR) is 45.4 cm³/mol. The molecule has 0 saturated heterocycles. The van der Waals surface area contributed by atoms with Crippen molar-refractivity contribution in [3.05, 3.63) is 33.3 Å². The Labute approximate surface area is 73.5 Å². The summed E-state index contributed by atoms with van der Waals surface area (Å²) in [4.78, 5) is 10.1. The van der Waals surface area contributed by atoms with E-state index in [0.29, 0.717) is 9.92 Å². The topological polar surface area (TPSA) is 43.1 Å². The lowest BCUT2D eigenvalue weighted by Gasteiger charge is -1.94. The van der Waals surface area contributed by atoms with Gasteiger partial charge in [-0.15, -0.1) is 12.6 Å². The molecule has 0 bridgehead atoms. The molecule has 0 N–H and O–H groups in total. The molecule has 0 aliphatic rings. The molecule has 0 unspecified atom stereocenters. The zero-order valence-electron chi connectivity index (χ0n) is 5.32. The van der Waals surface area contributed by atoms with Gasteiger partial charge in [0.15, 0.2) is 0 Å². The van der Waals surface area contributed by atoms with E-state index in [1.807, 2.05) is 0 Å². The van der Waals surface area contributed by atoms with Crippen LogP contribution in [0.15, 0.2) is 23.1 Å². The fourth-order valence-corrected chi connectivity index (χ4v) is 0.939. The summed E-state index contributed by atoms with van der Waals surface area (Å²) in [5, 5.41) is 10.6. The average molecular weight is 190 g/mol. The highest BCUT2D eigenvalue weighted by Gasteiger charge is 2.06. The first kappa shape index (κ1) is 8.36. The van der Waals surface area contributed by atoms with Crippen LogP contribution in [0.3, 0.4) is 0 Å². The number of non-ortho nitro benzene ring substituents is 1. The van der Waals surface area contributed by atoms with E-state index in [0.717, 1.165) is 0 Å². The first-order valence-electron chi connectivity index (χ1n) is 2.74. The van der Waals surface area contributed by atoms with Gasteiger partial charge in [0.1, 0.15) is 0 Å². The molecule has 0 aromatic heterocycles. The smallest absolute Gasteiger partial charge is 0.258 e. The van der Waals surface area contributed by atoms with Gasteiger partial charge < -0.3 is 0 Å². The molecule has 0 saturated carbocycles. The molecule has 0 amide bonds. The molecule has 0 aliphatic heterocycles. The normalized spacial score (nSPS) is 9.64. The number of nitro benzene ring substituents is 1. The summed E-state index contributed by atoms with van der Waals surface area (Å²) in [5.41, 5.74) is -0.000556. The van der Waals surface area contributed by atoms with Crippen molar-refractivity contribution >= 4 is 29.9 Å². The van der Waals surface area contributed by atoms with E-state index in [2.05, 4.69) is 12.6 Å². The van der Waals surface area contributed by atoms with E-state index in [1.165, 1.54) is 18.2 Å². The van der Waals surface area contributed by atoms with Gasteiger partial charge in [0.25, 0.3) is 5.69 Å². The Balaban J connectivity index is 3.15. The van der Waals surface area contributed by atoms with Crippen LogP contribution in [0.4, 0.5) is 5.69 Å². The van der Waals surface area contributed by atoms with Crippen LogP contribution in [0.5, 0.6) is 0 Å². The SMILES string of the molecule is O=[N+]([O-])c1ccc(Cl)c(S)c1. The van der Waals surface area contributed by atoms with Crippen LogP contribution in [0.2, 0.25) is 5.02 Å². The molecule has 1 aromatic carbocycles. The van der Waals surface area contributed by atoms with E-state index in [4.69, 9.17) is 11.6 Å². The number of nitro groups is 1. The number of rotatable bonds is 1. The van der Waals surface area contributed by atoms with Crippen molar-refractivity contribution < 1.29 is 4.92 Å². The number of hydrogen-bond acceptors (Lipinski definition) is 3. The van der Waals surface area contributed by atoms with Gasteiger partial charge in [0, 0.05) is 17.0 Å². The Morgan fingerprint density at radius 3 is 2.64 bits per heavy atom. The highest BCUT2D eigenvalue weighted by molar-refractivity contribution is 7.80. The number of hydrogen-bond donors (Lipinski definition) is 1. The molecule has 11 heavy (non-hydrogen) atoms. The Kier molecular flexibility index (Phi) is 2.36. The summed E-state index contributed by atoms with van der Waals surface area (Å²) in [7, 11) is 0. The molecule has 0 atom stereocenters. The predicted octanol–water partition coefficient (Wildman–Crippen LogP) is 2.54. The largest absolute Gasteiger partial charge is 0.270 e. The fraction of sp³-hybridized carbons (Fsp3) is 0. The van der Waals surface area contributed by atoms with Crippen LogP contribution < -0.4 is 0 Å². The fourth-order valence-electron chi connectivity index (χ4n) is 0.615. The van der Waals surface area contributed by atoms with Gasteiger partial charge in [-0.3, -0.25) is 10.1 Å². The lowest BCUT2D eigenvalue weighted by atomic mass is 10.3. The van der Waals surface area contributed by atoms with Gasteiger partial charge in [0.05, 0.1) is 9.95 Å². The minimum Gasteiger partial charge on any atom is -0.258 e. The summed E-state index contributed by atoms with van der Waals surface area (Å²) >= 11 is 9.51. The average Bonchev–Trinajstić information content (AvgIpc) is 1.94. The molecule has 0 spiro atoms. The van der Waals surface area contributed by atoms with Gasteiger partial charge >= 0.3 is 0 Å². The minimum absolute atomic E-state index is 0.000556. The standard InChI is InChI=1S/C6H4ClNO2S/c7-5-2-1-4(8(9)10)3-6(5)11/h1-3,11H. The van der Waals surface area contributed by atoms with E-state index in [-0.39, 0.29) is 5.69 Å². The molecule has 58 valence electrons. The van der Waals surface area contributed by atoms with E-state index < -0.39 is 4.92 Å². The molecule has 0 radical (unpaired) electrons. The van der Waals surface area contributed by atoms with Crippen molar-refractivity contribution in [1.29, 1.82) is 0 Å². The van der Waals surface area contributed by atoms with Crippen molar-refractivity contribution in [2.45, 2.75) is 4.90 Å². The van der Waals surface area contributed by atoms with Crippen LogP contribution in [0.25, 0.3) is 0 Å². The summed E-state index contributed by atoms with van der Waals surface area (Å²) in [6, 6.07) is 4.09. The third-order valence-corrected chi connectivity index (χ3v) is 1.97. The maximum atomic E-state index is 10.2. The quantitative estimate of drug-likeness (QED) is 0.419. The highest BCUT2D eigenvalue weighted by Crippen LogP contribution is 2.24. The molecule has 5 heteroatoms. The maximum Gasteiger partial charge on any atom is 0.270 e. The van der Waals surface area contributed by atoms with Gasteiger partial charge in [-0.25, -0.2) is 0 Å². The number of benzene rings is 1. The summed E-state index contributed by atoms with van der Waals surface area (Å²) in [6.07, 6.45) is 0. The first-order valence-corrected chi connectivity index (χ1v) is 3.56. The Bertz CT molecular complexity index is 303.